The first-order chi connectivity index (χ1) is 13.9. The van der Waals surface area contributed by atoms with E-state index in [1.165, 1.54) is 5.56 Å². The van der Waals surface area contributed by atoms with E-state index < -0.39 is 0 Å². The van der Waals surface area contributed by atoms with Crippen molar-refractivity contribution in [1.82, 2.24) is 0 Å². The molecule has 1 fully saturated rings. The van der Waals surface area contributed by atoms with Gasteiger partial charge < -0.3 is 9.64 Å². The average Bonchev–Trinajstić information content (AvgIpc) is 3.07. The van der Waals surface area contributed by atoms with Crippen molar-refractivity contribution < 1.29 is 9.53 Å². The molecule has 0 aromatic heterocycles. The van der Waals surface area contributed by atoms with Crippen LogP contribution >= 0.6 is 23.2 Å². The maximum Gasteiger partial charge on any atom is 0.227 e. The first kappa shape index (κ1) is 19.8. The molecule has 0 N–H and O–H groups in total. The van der Waals surface area contributed by atoms with Crippen LogP contribution in [-0.2, 0) is 4.79 Å². The summed E-state index contributed by atoms with van der Waals surface area (Å²) in [7, 11) is 0. The quantitative estimate of drug-likeness (QED) is 0.453. The van der Waals surface area contributed by atoms with Gasteiger partial charge in [-0.25, -0.2) is 0 Å². The fraction of sp³-hybridized carbons (Fsp3) is 0.208. The summed E-state index contributed by atoms with van der Waals surface area (Å²) in [5, 5.41) is 1.19. The summed E-state index contributed by atoms with van der Waals surface area (Å²) in [6.07, 6.45) is 0.431. The molecule has 4 rings (SSSR count). The van der Waals surface area contributed by atoms with Crippen LogP contribution in [0.5, 0.6) is 11.5 Å². The topological polar surface area (TPSA) is 29.5 Å². The molecule has 0 aliphatic carbocycles. The number of carbonyl (C=O) groups is 1. The molecule has 0 radical (unpaired) electrons. The third-order valence-corrected chi connectivity index (χ3v) is 5.73. The van der Waals surface area contributed by atoms with Gasteiger partial charge in [0.2, 0.25) is 5.91 Å². The van der Waals surface area contributed by atoms with E-state index in [9.17, 15) is 4.79 Å². The Kier molecular flexibility index (Phi) is 5.53. The predicted octanol–water partition coefficient (Wildman–Crippen LogP) is 6.92. The summed E-state index contributed by atoms with van der Waals surface area (Å²) in [4.78, 5) is 14.6. The van der Waals surface area contributed by atoms with Crippen LogP contribution in [0, 0.1) is 13.8 Å². The van der Waals surface area contributed by atoms with Crippen LogP contribution in [0.1, 0.15) is 29.0 Å². The number of ether oxygens (including phenoxy) is 1. The van der Waals surface area contributed by atoms with Crippen LogP contribution in [-0.4, -0.2) is 12.5 Å². The minimum absolute atomic E-state index is 0.0237. The van der Waals surface area contributed by atoms with Gasteiger partial charge in [-0.2, -0.15) is 0 Å². The van der Waals surface area contributed by atoms with Gasteiger partial charge in [0.25, 0.3) is 0 Å². The van der Waals surface area contributed by atoms with Crippen molar-refractivity contribution >= 4 is 34.8 Å². The van der Waals surface area contributed by atoms with Crippen LogP contribution in [0.4, 0.5) is 5.69 Å². The van der Waals surface area contributed by atoms with E-state index in [4.69, 9.17) is 27.9 Å². The molecular formula is C24H21Cl2NO2. The number of nitrogens with zero attached hydrogens (tertiary/aromatic N) is 1. The Morgan fingerprint density at radius 1 is 0.897 bits per heavy atom. The molecule has 1 saturated heterocycles. The summed E-state index contributed by atoms with van der Waals surface area (Å²) >= 11 is 12.4. The van der Waals surface area contributed by atoms with E-state index >= 15 is 0 Å². The zero-order chi connectivity index (χ0) is 20.5. The SMILES string of the molecule is Cc1ccc(N2CC(c3ccc(Cl)cc3Oc3cc(Cl)ccc3C)CC2=O)cc1. The molecule has 0 saturated carbocycles. The third-order valence-electron chi connectivity index (χ3n) is 5.26. The molecule has 3 aromatic rings. The normalized spacial score (nSPS) is 16.3. The number of amides is 1. The minimum Gasteiger partial charge on any atom is -0.457 e. The number of rotatable bonds is 4. The van der Waals surface area contributed by atoms with E-state index in [1.54, 1.807) is 12.1 Å². The number of carbonyl (C=O) groups excluding carboxylic acids is 1. The van der Waals surface area contributed by atoms with Gasteiger partial charge in [-0.05, 0) is 55.8 Å². The van der Waals surface area contributed by atoms with Crippen molar-refractivity contribution in [3.8, 4) is 11.5 Å². The second kappa shape index (κ2) is 8.10. The summed E-state index contributed by atoms with van der Waals surface area (Å²) in [6.45, 7) is 4.61. The highest BCUT2D eigenvalue weighted by molar-refractivity contribution is 6.31. The fourth-order valence-electron chi connectivity index (χ4n) is 3.63. The maximum absolute atomic E-state index is 12.7. The molecule has 148 valence electrons. The summed E-state index contributed by atoms with van der Waals surface area (Å²) in [5.41, 5.74) is 4.04. The van der Waals surface area contributed by atoms with Gasteiger partial charge in [0.05, 0.1) is 0 Å². The van der Waals surface area contributed by atoms with Gasteiger partial charge >= 0.3 is 0 Å². The number of halogens is 2. The van der Waals surface area contributed by atoms with E-state index in [0.717, 1.165) is 16.8 Å². The maximum atomic E-state index is 12.7. The lowest BCUT2D eigenvalue weighted by Gasteiger charge is -2.19. The lowest BCUT2D eigenvalue weighted by molar-refractivity contribution is -0.117. The van der Waals surface area contributed by atoms with Crippen molar-refractivity contribution in [2.24, 2.45) is 0 Å². The Morgan fingerprint density at radius 3 is 2.28 bits per heavy atom. The minimum atomic E-state index is 0.0237. The number of hydrogen-bond donors (Lipinski definition) is 0. The highest BCUT2D eigenvalue weighted by Gasteiger charge is 2.33. The summed E-state index contributed by atoms with van der Waals surface area (Å²) < 4.78 is 6.21. The molecule has 1 amide bonds. The lowest BCUT2D eigenvalue weighted by Crippen LogP contribution is -2.24. The van der Waals surface area contributed by atoms with Crippen LogP contribution in [0.15, 0.2) is 60.7 Å². The average molecular weight is 426 g/mol. The van der Waals surface area contributed by atoms with E-state index in [2.05, 4.69) is 0 Å². The molecule has 3 nitrogen and oxygen atoms in total. The summed E-state index contributed by atoms with van der Waals surface area (Å²) in [5.74, 6) is 1.47. The van der Waals surface area contributed by atoms with Crippen LogP contribution in [0.2, 0.25) is 10.0 Å². The number of benzene rings is 3. The lowest BCUT2D eigenvalue weighted by atomic mass is 9.97. The molecular weight excluding hydrogens is 405 g/mol. The zero-order valence-electron chi connectivity index (χ0n) is 16.3. The predicted molar refractivity (Wildman–Crippen MR) is 119 cm³/mol. The van der Waals surface area contributed by atoms with Gasteiger partial charge in [0.1, 0.15) is 11.5 Å². The monoisotopic (exact) mass is 425 g/mol. The Morgan fingerprint density at radius 2 is 1.55 bits per heavy atom. The second-order valence-electron chi connectivity index (χ2n) is 7.43. The Bertz CT molecular complexity index is 1060. The van der Waals surface area contributed by atoms with Gasteiger partial charge in [0, 0.05) is 40.2 Å². The Labute approximate surface area is 180 Å². The molecule has 5 heteroatoms. The van der Waals surface area contributed by atoms with Crippen molar-refractivity contribution in [3.05, 3.63) is 87.4 Å². The number of hydrogen-bond acceptors (Lipinski definition) is 2. The van der Waals surface area contributed by atoms with Gasteiger partial charge in [-0.3, -0.25) is 4.79 Å². The summed E-state index contributed by atoms with van der Waals surface area (Å²) in [6, 6.07) is 19.2. The van der Waals surface area contributed by atoms with Crippen molar-refractivity contribution in [1.29, 1.82) is 0 Å². The van der Waals surface area contributed by atoms with Crippen LogP contribution in [0.25, 0.3) is 0 Å². The third kappa shape index (κ3) is 4.26. The molecule has 3 aromatic carbocycles. The first-order valence-electron chi connectivity index (χ1n) is 9.51. The van der Waals surface area contributed by atoms with Crippen molar-refractivity contribution in [2.75, 3.05) is 11.4 Å². The molecule has 1 heterocycles. The van der Waals surface area contributed by atoms with Crippen molar-refractivity contribution in [2.45, 2.75) is 26.2 Å². The molecule has 1 aliphatic heterocycles. The zero-order valence-corrected chi connectivity index (χ0v) is 17.8. The number of aryl methyl sites for hydroxylation is 2. The smallest absolute Gasteiger partial charge is 0.227 e. The highest BCUT2D eigenvalue weighted by Crippen LogP contribution is 2.40. The van der Waals surface area contributed by atoms with Crippen molar-refractivity contribution in [3.63, 3.8) is 0 Å². The molecule has 0 spiro atoms. The molecule has 1 atom stereocenters. The Balaban J connectivity index is 1.64. The van der Waals surface area contributed by atoms with Gasteiger partial charge in [-0.15, -0.1) is 0 Å². The number of anilines is 1. The molecule has 0 bridgehead atoms. The molecule has 29 heavy (non-hydrogen) atoms. The largest absolute Gasteiger partial charge is 0.457 e. The Hall–Kier alpha value is -2.49. The molecule has 1 unspecified atom stereocenters. The second-order valence-corrected chi connectivity index (χ2v) is 8.31. The van der Waals surface area contributed by atoms with E-state index in [1.807, 2.05) is 67.3 Å². The fourth-order valence-corrected chi connectivity index (χ4v) is 3.95. The highest BCUT2D eigenvalue weighted by atomic mass is 35.5. The first-order valence-corrected chi connectivity index (χ1v) is 10.3. The van der Waals surface area contributed by atoms with E-state index in [-0.39, 0.29) is 11.8 Å². The van der Waals surface area contributed by atoms with Crippen LogP contribution in [0.3, 0.4) is 0 Å². The molecule has 1 aliphatic rings. The van der Waals surface area contributed by atoms with Gasteiger partial charge in [-0.1, -0.05) is 53.0 Å². The van der Waals surface area contributed by atoms with E-state index in [0.29, 0.717) is 34.5 Å². The van der Waals surface area contributed by atoms with Crippen LogP contribution < -0.4 is 9.64 Å². The standard InChI is InChI=1S/C24H21Cl2NO2/c1-15-3-8-20(9-4-15)27-14-17(11-24(27)28)21-10-7-19(26)13-23(21)29-22-12-18(25)6-5-16(22)2/h3-10,12-13,17H,11,14H2,1-2H3. The van der Waals surface area contributed by atoms with Gasteiger partial charge in [0.15, 0.2) is 0 Å².